The average Bonchev–Trinajstić information content (AvgIpc) is 2.84. The number of benzene rings is 2. The molecule has 2 rings (SSSR count). The van der Waals surface area contributed by atoms with Gasteiger partial charge in [-0.05, 0) is 95.8 Å². The quantitative estimate of drug-likeness (QED) is 0.378. The molecule has 0 heterocycles. The molecule has 2 N–H and O–H groups in total. The third-order valence-corrected chi connectivity index (χ3v) is 5.91. The third kappa shape index (κ3) is 9.33. The maximum Gasteiger partial charge on any atom is 0.408 e. The Morgan fingerprint density at radius 2 is 1.52 bits per heavy atom. The van der Waals surface area contributed by atoms with Gasteiger partial charge in [0.2, 0.25) is 5.91 Å². The lowest BCUT2D eigenvalue weighted by Gasteiger charge is -2.43. The van der Waals surface area contributed by atoms with Gasteiger partial charge in [0.25, 0.3) is 5.91 Å². The summed E-state index contributed by atoms with van der Waals surface area (Å²) in [6.45, 7) is 14.8. The minimum Gasteiger partial charge on any atom is -0.497 e. The van der Waals surface area contributed by atoms with Crippen molar-refractivity contribution >= 4 is 23.6 Å². The number of terminal acetylenes is 1. The van der Waals surface area contributed by atoms with Crippen LogP contribution in [-0.2, 0) is 14.3 Å². The van der Waals surface area contributed by atoms with Crippen molar-refractivity contribution in [3.63, 3.8) is 0 Å². The molecule has 3 amide bonds. The lowest BCUT2D eigenvalue weighted by Crippen LogP contribution is -2.58. The van der Waals surface area contributed by atoms with Crippen LogP contribution in [0.4, 0.5) is 10.5 Å². The minimum absolute atomic E-state index is 0.0761. The highest BCUT2D eigenvalue weighted by molar-refractivity contribution is 5.99. The van der Waals surface area contributed by atoms with E-state index in [-0.39, 0.29) is 5.92 Å². The highest BCUT2D eigenvalue weighted by atomic mass is 16.6. The van der Waals surface area contributed by atoms with Gasteiger partial charge in [0, 0.05) is 16.8 Å². The summed E-state index contributed by atoms with van der Waals surface area (Å²) in [7, 11) is 1.56. The molecule has 216 valence electrons. The van der Waals surface area contributed by atoms with Gasteiger partial charge in [0.15, 0.2) is 0 Å². The van der Waals surface area contributed by atoms with E-state index in [9.17, 15) is 14.4 Å². The molecule has 8 nitrogen and oxygen atoms in total. The van der Waals surface area contributed by atoms with Crippen LogP contribution < -0.4 is 15.4 Å². The average molecular weight is 550 g/mol. The zero-order valence-corrected chi connectivity index (χ0v) is 25.1. The van der Waals surface area contributed by atoms with Crippen LogP contribution in [0.3, 0.4) is 0 Å². The van der Waals surface area contributed by atoms with Crippen molar-refractivity contribution in [1.82, 2.24) is 10.2 Å². The van der Waals surface area contributed by atoms with Gasteiger partial charge >= 0.3 is 6.09 Å². The van der Waals surface area contributed by atoms with Gasteiger partial charge < -0.3 is 25.0 Å². The molecule has 0 aliphatic rings. The number of alkyl carbamates (subject to hydrolysis) is 1. The van der Waals surface area contributed by atoms with Gasteiger partial charge in [-0.1, -0.05) is 31.9 Å². The fourth-order valence-electron chi connectivity index (χ4n) is 4.22. The molecule has 2 aromatic carbocycles. The number of hydrogen-bond acceptors (Lipinski definition) is 5. The van der Waals surface area contributed by atoms with Crippen LogP contribution in [0.25, 0.3) is 0 Å². The van der Waals surface area contributed by atoms with E-state index < -0.39 is 41.1 Å². The van der Waals surface area contributed by atoms with Gasteiger partial charge in [0.1, 0.15) is 23.4 Å². The van der Waals surface area contributed by atoms with E-state index >= 15 is 0 Å². The Balaban J connectivity index is 2.59. The van der Waals surface area contributed by atoms with E-state index in [1.165, 1.54) is 4.90 Å². The first kappa shape index (κ1) is 32.2. The number of methoxy groups -OCH3 is 1. The van der Waals surface area contributed by atoms with E-state index in [1.54, 1.807) is 76.4 Å². The van der Waals surface area contributed by atoms with Crippen molar-refractivity contribution < 1.29 is 23.9 Å². The summed E-state index contributed by atoms with van der Waals surface area (Å²) < 4.78 is 10.7. The van der Waals surface area contributed by atoms with Gasteiger partial charge in [-0.15, -0.1) is 6.42 Å². The van der Waals surface area contributed by atoms with Crippen LogP contribution in [0, 0.1) is 18.3 Å². The molecule has 0 bridgehead atoms. The summed E-state index contributed by atoms with van der Waals surface area (Å²) in [6, 6.07) is 11.9. The van der Waals surface area contributed by atoms with Crippen LogP contribution in [0.5, 0.6) is 5.75 Å². The summed E-state index contributed by atoms with van der Waals surface area (Å²) in [6.07, 6.45) is 5.22. The van der Waals surface area contributed by atoms with Crippen molar-refractivity contribution in [2.45, 2.75) is 85.0 Å². The molecule has 2 unspecified atom stereocenters. The van der Waals surface area contributed by atoms with Gasteiger partial charge in [-0.2, -0.15) is 0 Å². The van der Waals surface area contributed by atoms with Crippen LogP contribution in [0.2, 0.25) is 0 Å². The molecule has 0 fully saturated rings. The lowest BCUT2D eigenvalue weighted by atomic mass is 9.93. The van der Waals surface area contributed by atoms with E-state index in [1.807, 2.05) is 34.6 Å². The number of hydrogen-bond donors (Lipinski definition) is 2. The van der Waals surface area contributed by atoms with E-state index in [0.717, 1.165) is 0 Å². The van der Waals surface area contributed by atoms with E-state index in [2.05, 4.69) is 16.6 Å². The fraction of sp³-hybridized carbons (Fsp3) is 0.469. The summed E-state index contributed by atoms with van der Waals surface area (Å²) in [4.78, 5) is 42.6. The molecule has 0 aliphatic heterocycles. The number of ether oxygens (including phenoxy) is 2. The van der Waals surface area contributed by atoms with Crippen molar-refractivity contribution in [2.75, 3.05) is 12.4 Å². The Morgan fingerprint density at radius 3 is 1.98 bits per heavy atom. The number of nitrogens with one attached hydrogen (secondary N) is 2. The fourth-order valence-corrected chi connectivity index (χ4v) is 4.22. The standard InChI is InChI=1S/C32H43N3O5/c1-11-22-12-14-23(15-13-22)27(28(36)33-24-16-18-25(39-10)19-17-24)35(31(4,5)6)29(37)26(20-21(2)3)34-30(38)40-32(7,8)9/h1,12-19,21,26-27H,20H2,2-10H3,(H,33,36)(H,34,38). The topological polar surface area (TPSA) is 97.0 Å². The molecule has 2 aromatic rings. The highest BCUT2D eigenvalue weighted by Crippen LogP contribution is 2.32. The first-order chi connectivity index (χ1) is 18.6. The predicted octanol–water partition coefficient (Wildman–Crippen LogP) is 5.92. The maximum atomic E-state index is 14.3. The van der Waals surface area contributed by atoms with Crippen molar-refractivity contribution in [2.24, 2.45) is 5.92 Å². The zero-order chi connectivity index (χ0) is 30.3. The first-order valence-electron chi connectivity index (χ1n) is 13.4. The summed E-state index contributed by atoms with van der Waals surface area (Å²) in [5, 5.41) is 5.70. The molecule has 8 heteroatoms. The second-order valence-corrected chi connectivity index (χ2v) is 12.1. The lowest BCUT2D eigenvalue weighted by molar-refractivity contribution is -0.147. The number of carbonyl (C=O) groups excluding carboxylic acids is 3. The predicted molar refractivity (Wildman–Crippen MR) is 158 cm³/mol. The summed E-state index contributed by atoms with van der Waals surface area (Å²) >= 11 is 0. The van der Waals surface area contributed by atoms with Gasteiger partial charge in [0.05, 0.1) is 7.11 Å². The monoisotopic (exact) mass is 549 g/mol. The molecule has 0 radical (unpaired) electrons. The van der Waals surface area contributed by atoms with Crippen LogP contribution in [-0.4, -0.2) is 47.1 Å². The third-order valence-electron chi connectivity index (χ3n) is 5.91. The minimum atomic E-state index is -1.03. The number of nitrogens with zero attached hydrogens (tertiary/aromatic N) is 1. The smallest absolute Gasteiger partial charge is 0.408 e. The van der Waals surface area contributed by atoms with Crippen LogP contribution in [0.15, 0.2) is 48.5 Å². The van der Waals surface area contributed by atoms with Crippen molar-refractivity contribution in [1.29, 1.82) is 0 Å². The van der Waals surface area contributed by atoms with Crippen molar-refractivity contribution in [3.8, 4) is 18.1 Å². The van der Waals surface area contributed by atoms with Gasteiger partial charge in [-0.25, -0.2) is 4.79 Å². The van der Waals surface area contributed by atoms with Crippen LogP contribution >= 0.6 is 0 Å². The second kappa shape index (κ2) is 13.4. The Bertz CT molecular complexity index is 1200. The maximum absolute atomic E-state index is 14.3. The molecule has 0 spiro atoms. The highest BCUT2D eigenvalue weighted by Gasteiger charge is 2.42. The van der Waals surface area contributed by atoms with Crippen molar-refractivity contribution in [3.05, 3.63) is 59.7 Å². The number of carbonyl (C=O) groups is 3. The number of amides is 3. The molecule has 40 heavy (non-hydrogen) atoms. The Labute approximate surface area is 238 Å². The normalized spacial score (nSPS) is 13.0. The molecule has 2 atom stereocenters. The number of rotatable bonds is 9. The molecule has 0 aliphatic carbocycles. The first-order valence-corrected chi connectivity index (χ1v) is 13.4. The molecular formula is C32H43N3O5. The van der Waals surface area contributed by atoms with E-state index in [0.29, 0.717) is 29.0 Å². The molecular weight excluding hydrogens is 506 g/mol. The Morgan fingerprint density at radius 1 is 0.950 bits per heavy atom. The zero-order valence-electron chi connectivity index (χ0n) is 25.1. The number of anilines is 1. The summed E-state index contributed by atoms with van der Waals surface area (Å²) in [5.74, 6) is 2.49. The Kier molecular flexibility index (Phi) is 10.8. The van der Waals surface area contributed by atoms with E-state index in [4.69, 9.17) is 15.9 Å². The summed E-state index contributed by atoms with van der Waals surface area (Å²) in [5.41, 5.74) is 0.223. The van der Waals surface area contributed by atoms with Gasteiger partial charge in [-0.3, -0.25) is 9.59 Å². The SMILES string of the molecule is C#Cc1ccc(C(C(=O)Nc2ccc(OC)cc2)N(C(=O)C(CC(C)C)NC(=O)OC(C)(C)C)C(C)(C)C)cc1. The Hall–Kier alpha value is -3.99. The second-order valence-electron chi connectivity index (χ2n) is 12.1. The largest absolute Gasteiger partial charge is 0.497 e. The molecule has 0 saturated heterocycles. The van der Waals surface area contributed by atoms with Crippen LogP contribution in [0.1, 0.15) is 79.0 Å². The molecule has 0 saturated carbocycles. The molecule has 0 aromatic heterocycles.